The SMILES string of the molecule is O=P(O)(O)OOCCC(O)O. The molecule has 0 atom stereocenters. The van der Waals surface area contributed by atoms with Gasteiger partial charge in [-0.15, -0.1) is 4.67 Å². The maximum atomic E-state index is 9.90. The summed E-state index contributed by atoms with van der Waals surface area (Å²) in [5, 5.41) is 16.4. The standard InChI is InChI=1S/C3H9O7P/c4-3(5)1-2-9-10-11(6,7)8/h3-5H,1-2H2,(H2,6,7,8). The predicted molar refractivity (Wildman–Crippen MR) is 31.9 cm³/mol. The zero-order chi connectivity index (χ0) is 8.91. The molecule has 0 aromatic heterocycles. The van der Waals surface area contributed by atoms with Gasteiger partial charge in [0.25, 0.3) is 0 Å². The monoisotopic (exact) mass is 188 g/mol. The van der Waals surface area contributed by atoms with Gasteiger partial charge in [0.2, 0.25) is 0 Å². The Morgan fingerprint density at radius 1 is 1.36 bits per heavy atom. The summed E-state index contributed by atoms with van der Waals surface area (Å²) in [6, 6.07) is 0. The first-order valence-electron chi connectivity index (χ1n) is 2.65. The lowest BCUT2D eigenvalue weighted by molar-refractivity contribution is -0.231. The average Bonchev–Trinajstić information content (AvgIpc) is 1.78. The Hall–Kier alpha value is -0.0100. The quantitative estimate of drug-likeness (QED) is 0.140. The lowest BCUT2D eigenvalue weighted by Crippen LogP contribution is -2.08. The van der Waals surface area contributed by atoms with E-state index in [9.17, 15) is 4.57 Å². The molecule has 0 saturated carbocycles. The fourth-order valence-corrected chi connectivity index (χ4v) is 0.471. The molecular formula is C3H9O7P. The molecular weight excluding hydrogens is 179 g/mol. The normalized spacial score (nSPS) is 12.5. The first-order chi connectivity index (χ1) is 4.92. The van der Waals surface area contributed by atoms with E-state index in [1.807, 2.05) is 0 Å². The largest absolute Gasteiger partial charge is 0.496 e. The highest BCUT2D eigenvalue weighted by Gasteiger charge is 2.14. The smallest absolute Gasteiger partial charge is 0.368 e. The Kier molecular flexibility index (Phi) is 4.78. The summed E-state index contributed by atoms with van der Waals surface area (Å²) in [5.41, 5.74) is 0. The van der Waals surface area contributed by atoms with Crippen LogP contribution in [-0.4, -0.2) is 32.9 Å². The number of rotatable bonds is 5. The predicted octanol–water partition coefficient (Wildman–Crippen LogP) is -1.27. The Morgan fingerprint density at radius 2 is 1.91 bits per heavy atom. The van der Waals surface area contributed by atoms with Crippen molar-refractivity contribution in [3.63, 3.8) is 0 Å². The second kappa shape index (κ2) is 4.78. The van der Waals surface area contributed by atoms with Gasteiger partial charge in [0.15, 0.2) is 6.29 Å². The average molecular weight is 188 g/mol. The van der Waals surface area contributed by atoms with E-state index in [0.29, 0.717) is 0 Å². The van der Waals surface area contributed by atoms with E-state index < -0.39 is 14.1 Å². The summed E-state index contributed by atoms with van der Waals surface area (Å²) in [4.78, 5) is 20.0. The minimum absolute atomic E-state index is 0.181. The van der Waals surface area contributed by atoms with Crippen LogP contribution >= 0.6 is 7.82 Å². The minimum atomic E-state index is -4.61. The second-order valence-electron chi connectivity index (χ2n) is 1.66. The van der Waals surface area contributed by atoms with E-state index in [0.717, 1.165) is 0 Å². The van der Waals surface area contributed by atoms with E-state index in [4.69, 9.17) is 20.0 Å². The van der Waals surface area contributed by atoms with Crippen molar-refractivity contribution in [3.05, 3.63) is 0 Å². The third kappa shape index (κ3) is 9.99. The molecule has 0 bridgehead atoms. The number of hydrogen-bond donors (Lipinski definition) is 4. The van der Waals surface area contributed by atoms with Gasteiger partial charge in [0.1, 0.15) is 0 Å². The van der Waals surface area contributed by atoms with Crippen LogP contribution < -0.4 is 0 Å². The molecule has 0 heterocycles. The first-order valence-corrected chi connectivity index (χ1v) is 4.18. The Bertz CT molecular complexity index is 139. The van der Waals surface area contributed by atoms with Crippen molar-refractivity contribution in [2.75, 3.05) is 6.61 Å². The number of aliphatic hydroxyl groups excluding tert-OH is 1. The van der Waals surface area contributed by atoms with Crippen LogP contribution in [0.3, 0.4) is 0 Å². The van der Waals surface area contributed by atoms with Crippen molar-refractivity contribution in [1.29, 1.82) is 0 Å². The fraction of sp³-hybridized carbons (Fsp3) is 1.00. The van der Waals surface area contributed by atoms with E-state index in [2.05, 4.69) is 9.56 Å². The molecule has 0 amide bonds. The Balaban J connectivity index is 3.22. The molecule has 0 aromatic carbocycles. The molecule has 11 heavy (non-hydrogen) atoms. The zero-order valence-electron chi connectivity index (χ0n) is 5.45. The third-order valence-electron chi connectivity index (χ3n) is 0.609. The molecule has 0 aliphatic heterocycles. The van der Waals surface area contributed by atoms with Gasteiger partial charge in [-0.1, -0.05) is 0 Å². The highest BCUT2D eigenvalue weighted by atomic mass is 31.2. The van der Waals surface area contributed by atoms with Gasteiger partial charge >= 0.3 is 7.82 Å². The van der Waals surface area contributed by atoms with Gasteiger partial charge in [-0.3, -0.25) is 0 Å². The van der Waals surface area contributed by atoms with Crippen LogP contribution in [0.15, 0.2) is 0 Å². The molecule has 0 spiro atoms. The molecule has 0 aliphatic rings. The highest BCUT2D eigenvalue weighted by molar-refractivity contribution is 7.46. The van der Waals surface area contributed by atoms with E-state index in [1.165, 1.54) is 0 Å². The minimum Gasteiger partial charge on any atom is -0.368 e. The van der Waals surface area contributed by atoms with Crippen LogP contribution in [0.1, 0.15) is 6.42 Å². The van der Waals surface area contributed by atoms with Gasteiger partial charge in [-0.25, -0.2) is 9.45 Å². The summed E-state index contributed by atoms with van der Waals surface area (Å²) < 4.78 is 13.4. The van der Waals surface area contributed by atoms with Gasteiger partial charge in [-0.05, 0) is 0 Å². The van der Waals surface area contributed by atoms with Gasteiger partial charge in [0, 0.05) is 6.42 Å². The molecule has 0 unspecified atom stereocenters. The molecule has 4 N–H and O–H groups in total. The Labute approximate surface area is 62.4 Å². The Morgan fingerprint density at radius 3 is 2.27 bits per heavy atom. The van der Waals surface area contributed by atoms with Gasteiger partial charge in [-0.2, -0.15) is 0 Å². The van der Waals surface area contributed by atoms with Crippen molar-refractivity contribution in [1.82, 2.24) is 0 Å². The van der Waals surface area contributed by atoms with Crippen LogP contribution in [0.5, 0.6) is 0 Å². The number of hydrogen-bond acceptors (Lipinski definition) is 5. The van der Waals surface area contributed by atoms with Crippen LogP contribution in [0.2, 0.25) is 0 Å². The molecule has 0 aliphatic carbocycles. The zero-order valence-corrected chi connectivity index (χ0v) is 6.35. The van der Waals surface area contributed by atoms with Crippen LogP contribution in [0.25, 0.3) is 0 Å². The van der Waals surface area contributed by atoms with Crippen molar-refractivity contribution in [2.24, 2.45) is 0 Å². The van der Waals surface area contributed by atoms with Crippen LogP contribution in [0.4, 0.5) is 0 Å². The highest BCUT2D eigenvalue weighted by Crippen LogP contribution is 2.35. The number of phosphoric acid groups is 1. The number of aliphatic hydroxyl groups is 2. The summed E-state index contributed by atoms with van der Waals surface area (Å²) >= 11 is 0. The molecule has 8 heteroatoms. The maximum Gasteiger partial charge on any atom is 0.496 e. The maximum absolute atomic E-state index is 9.90. The second-order valence-corrected chi connectivity index (χ2v) is 2.79. The van der Waals surface area contributed by atoms with Crippen molar-refractivity contribution >= 4 is 7.82 Å². The lowest BCUT2D eigenvalue weighted by Gasteiger charge is -2.04. The van der Waals surface area contributed by atoms with Crippen molar-refractivity contribution in [3.8, 4) is 0 Å². The topological polar surface area (TPSA) is 116 Å². The summed E-state index contributed by atoms with van der Waals surface area (Å²) in [5.74, 6) is 0. The molecule has 0 rings (SSSR count). The van der Waals surface area contributed by atoms with Gasteiger partial charge in [0.05, 0.1) is 6.61 Å². The molecule has 0 aromatic rings. The van der Waals surface area contributed by atoms with Gasteiger partial charge < -0.3 is 20.0 Å². The van der Waals surface area contributed by atoms with E-state index >= 15 is 0 Å². The summed E-state index contributed by atoms with van der Waals surface area (Å²) in [7, 11) is -4.61. The third-order valence-corrected chi connectivity index (χ3v) is 0.909. The fourth-order valence-electron chi connectivity index (χ4n) is 0.259. The molecule has 0 saturated heterocycles. The van der Waals surface area contributed by atoms with Crippen LogP contribution in [-0.2, 0) is 14.1 Å². The summed E-state index contributed by atoms with van der Waals surface area (Å²) in [6.45, 7) is -0.303. The lowest BCUT2D eigenvalue weighted by atomic mass is 10.5. The van der Waals surface area contributed by atoms with Crippen LogP contribution in [0, 0.1) is 0 Å². The van der Waals surface area contributed by atoms with Crippen molar-refractivity contribution in [2.45, 2.75) is 12.7 Å². The van der Waals surface area contributed by atoms with E-state index in [1.54, 1.807) is 0 Å². The molecule has 0 fully saturated rings. The molecule has 0 radical (unpaired) electrons. The molecule has 68 valence electrons. The first kappa shape index (κ1) is 11.0. The van der Waals surface area contributed by atoms with E-state index in [-0.39, 0.29) is 13.0 Å². The molecule has 7 nitrogen and oxygen atoms in total. The summed E-state index contributed by atoms with van der Waals surface area (Å²) in [6.07, 6.45) is -1.75. The van der Waals surface area contributed by atoms with Crippen molar-refractivity contribution < 1.29 is 34.1 Å².